The summed E-state index contributed by atoms with van der Waals surface area (Å²) in [7, 11) is 0. The van der Waals surface area contributed by atoms with Crippen LogP contribution < -0.4 is 4.74 Å². The van der Waals surface area contributed by atoms with Crippen molar-refractivity contribution in [1.29, 1.82) is 0 Å². The van der Waals surface area contributed by atoms with Gasteiger partial charge in [0.2, 0.25) is 5.89 Å². The van der Waals surface area contributed by atoms with Crippen molar-refractivity contribution < 1.29 is 9.15 Å². The summed E-state index contributed by atoms with van der Waals surface area (Å²) in [6, 6.07) is 7.47. The quantitative estimate of drug-likeness (QED) is 0.673. The molecule has 0 unspecified atom stereocenters. The van der Waals surface area contributed by atoms with Gasteiger partial charge in [-0.2, -0.15) is 0 Å². The van der Waals surface area contributed by atoms with Crippen LogP contribution in [-0.4, -0.2) is 9.97 Å². The molecule has 0 bridgehead atoms. The van der Waals surface area contributed by atoms with E-state index in [0.29, 0.717) is 23.4 Å². The van der Waals surface area contributed by atoms with Gasteiger partial charge in [-0.1, -0.05) is 17.7 Å². The van der Waals surface area contributed by atoms with Gasteiger partial charge >= 0.3 is 0 Å². The summed E-state index contributed by atoms with van der Waals surface area (Å²) in [5.41, 5.74) is 0.758. The minimum absolute atomic E-state index is 0.298. The van der Waals surface area contributed by atoms with E-state index >= 15 is 0 Å². The zero-order valence-electron chi connectivity index (χ0n) is 10.7. The molecule has 3 aromatic heterocycles. The van der Waals surface area contributed by atoms with Gasteiger partial charge in [-0.25, -0.2) is 9.97 Å². The van der Waals surface area contributed by atoms with Crippen LogP contribution in [-0.2, 0) is 6.61 Å². The maximum Gasteiger partial charge on any atom is 0.236 e. The van der Waals surface area contributed by atoms with E-state index in [1.54, 1.807) is 29.7 Å². The van der Waals surface area contributed by atoms with Gasteiger partial charge in [-0.3, -0.25) is 0 Å². The molecular weight excluding hydrogens is 296 g/mol. The van der Waals surface area contributed by atoms with Crippen LogP contribution in [0.1, 0.15) is 11.5 Å². The normalized spacial score (nSPS) is 10.7. The molecule has 3 heterocycles. The first-order chi connectivity index (χ1) is 9.74. The van der Waals surface area contributed by atoms with Gasteiger partial charge in [-0.05, 0) is 30.5 Å². The minimum Gasteiger partial charge on any atom is -0.484 e. The highest BCUT2D eigenvalue weighted by Gasteiger charge is 2.13. The number of aromatic nitrogens is 2. The van der Waals surface area contributed by atoms with Gasteiger partial charge in [-0.15, -0.1) is 11.3 Å². The molecule has 102 valence electrons. The van der Waals surface area contributed by atoms with Crippen molar-refractivity contribution in [2.24, 2.45) is 0 Å². The first-order valence-corrected chi connectivity index (χ1v) is 7.23. The van der Waals surface area contributed by atoms with Crippen molar-refractivity contribution in [3.63, 3.8) is 0 Å². The molecule has 0 N–H and O–H groups in total. The summed E-state index contributed by atoms with van der Waals surface area (Å²) in [5, 5.41) is 2.33. The summed E-state index contributed by atoms with van der Waals surface area (Å²) in [5.74, 6) is 1.90. The lowest BCUT2D eigenvalue weighted by Crippen LogP contribution is -1.98. The Morgan fingerprint density at radius 3 is 3.00 bits per heavy atom. The molecular formula is C14H11ClN2O2S. The second-order valence-electron chi connectivity index (χ2n) is 4.08. The zero-order chi connectivity index (χ0) is 13.9. The predicted octanol–water partition coefficient (Wildman–Crippen LogP) is 4.34. The summed E-state index contributed by atoms with van der Waals surface area (Å²) in [4.78, 5) is 9.41. The average molecular weight is 307 g/mol. The molecule has 0 fully saturated rings. The molecule has 0 atom stereocenters. The number of halogens is 1. The Hall–Kier alpha value is -1.85. The van der Waals surface area contributed by atoms with Gasteiger partial charge in [0, 0.05) is 6.20 Å². The average Bonchev–Trinajstić information content (AvgIpc) is 3.07. The van der Waals surface area contributed by atoms with E-state index in [1.807, 2.05) is 24.4 Å². The number of aryl methyl sites for hydroxylation is 1. The Balaban J connectivity index is 1.77. The highest BCUT2D eigenvalue weighted by Crippen LogP contribution is 2.27. The van der Waals surface area contributed by atoms with E-state index in [0.717, 1.165) is 16.3 Å². The van der Waals surface area contributed by atoms with Crippen molar-refractivity contribution in [1.82, 2.24) is 9.97 Å². The summed E-state index contributed by atoms with van der Waals surface area (Å²) in [6.45, 7) is 2.17. The number of thiophene rings is 1. The van der Waals surface area contributed by atoms with Crippen molar-refractivity contribution in [3.8, 4) is 16.5 Å². The number of nitrogens with zero attached hydrogens (tertiary/aromatic N) is 2. The molecule has 0 spiro atoms. The number of hydrogen-bond acceptors (Lipinski definition) is 5. The molecule has 0 saturated heterocycles. The fraction of sp³-hybridized carbons (Fsp3) is 0.143. The van der Waals surface area contributed by atoms with Gasteiger partial charge in [0.25, 0.3) is 0 Å². The number of hydrogen-bond donors (Lipinski definition) is 0. The number of oxazole rings is 1. The van der Waals surface area contributed by atoms with Crippen LogP contribution in [0, 0.1) is 6.92 Å². The van der Waals surface area contributed by atoms with Crippen LogP contribution in [0.5, 0.6) is 5.75 Å². The molecule has 0 aliphatic heterocycles. The topological polar surface area (TPSA) is 48.2 Å². The molecule has 0 aliphatic carbocycles. The molecule has 6 heteroatoms. The van der Waals surface area contributed by atoms with Crippen LogP contribution in [0.15, 0.2) is 40.3 Å². The monoisotopic (exact) mass is 306 g/mol. The Morgan fingerprint density at radius 1 is 1.35 bits per heavy atom. The third-order valence-electron chi connectivity index (χ3n) is 2.71. The maximum absolute atomic E-state index is 5.94. The van der Waals surface area contributed by atoms with E-state index in [4.69, 9.17) is 20.8 Å². The standard InChI is InChI=1S/C14H11ClN2O2S/c1-9-10(8-18-11-4-2-6-16-13(11)15)17-14(19-9)12-5-3-7-20-12/h2-7H,8H2,1H3. The third-order valence-corrected chi connectivity index (χ3v) is 3.86. The van der Waals surface area contributed by atoms with E-state index in [1.165, 1.54) is 0 Å². The van der Waals surface area contributed by atoms with Crippen LogP contribution in [0.2, 0.25) is 5.15 Å². The van der Waals surface area contributed by atoms with E-state index < -0.39 is 0 Å². The Bertz CT molecular complexity index is 710. The lowest BCUT2D eigenvalue weighted by molar-refractivity contribution is 0.298. The molecule has 4 nitrogen and oxygen atoms in total. The van der Waals surface area contributed by atoms with Crippen LogP contribution in [0.3, 0.4) is 0 Å². The van der Waals surface area contributed by atoms with Crippen LogP contribution in [0.4, 0.5) is 0 Å². The smallest absolute Gasteiger partial charge is 0.236 e. The maximum atomic E-state index is 5.94. The zero-order valence-corrected chi connectivity index (χ0v) is 12.2. The first kappa shape index (κ1) is 13.1. The van der Waals surface area contributed by atoms with Crippen molar-refractivity contribution in [2.75, 3.05) is 0 Å². The van der Waals surface area contributed by atoms with E-state index in [9.17, 15) is 0 Å². The van der Waals surface area contributed by atoms with Gasteiger partial charge in [0.05, 0.1) is 4.88 Å². The van der Waals surface area contributed by atoms with Crippen molar-refractivity contribution in [3.05, 3.63) is 52.4 Å². The largest absolute Gasteiger partial charge is 0.484 e. The second-order valence-corrected chi connectivity index (χ2v) is 5.39. The van der Waals surface area contributed by atoms with E-state index in [2.05, 4.69) is 9.97 Å². The first-order valence-electron chi connectivity index (χ1n) is 5.97. The predicted molar refractivity (Wildman–Crippen MR) is 78.1 cm³/mol. The molecule has 3 aromatic rings. The summed E-state index contributed by atoms with van der Waals surface area (Å²) < 4.78 is 11.3. The van der Waals surface area contributed by atoms with Crippen LogP contribution in [0.25, 0.3) is 10.8 Å². The van der Waals surface area contributed by atoms with Crippen molar-refractivity contribution in [2.45, 2.75) is 13.5 Å². The minimum atomic E-state index is 0.298. The SMILES string of the molecule is Cc1oc(-c2cccs2)nc1COc1cccnc1Cl. The highest BCUT2D eigenvalue weighted by atomic mass is 35.5. The summed E-state index contributed by atoms with van der Waals surface area (Å²) >= 11 is 7.53. The number of rotatable bonds is 4. The Morgan fingerprint density at radius 2 is 2.25 bits per heavy atom. The molecule has 0 amide bonds. The van der Waals surface area contributed by atoms with Gasteiger partial charge in [0.1, 0.15) is 18.1 Å². The lowest BCUT2D eigenvalue weighted by Gasteiger charge is -2.04. The Kier molecular flexibility index (Phi) is 3.71. The second kappa shape index (κ2) is 5.64. The Labute approximate surface area is 125 Å². The molecule has 0 aliphatic rings. The molecule has 0 radical (unpaired) electrons. The molecule has 0 aromatic carbocycles. The molecule has 20 heavy (non-hydrogen) atoms. The number of ether oxygens (including phenoxy) is 1. The third kappa shape index (κ3) is 2.69. The molecule has 0 saturated carbocycles. The van der Waals surface area contributed by atoms with Crippen LogP contribution >= 0.6 is 22.9 Å². The van der Waals surface area contributed by atoms with Gasteiger partial charge < -0.3 is 9.15 Å². The molecule has 3 rings (SSSR count). The van der Waals surface area contributed by atoms with E-state index in [-0.39, 0.29) is 0 Å². The summed E-state index contributed by atoms with van der Waals surface area (Å²) in [6.07, 6.45) is 1.62. The lowest BCUT2D eigenvalue weighted by atomic mass is 10.4. The van der Waals surface area contributed by atoms with Gasteiger partial charge in [0.15, 0.2) is 10.9 Å². The van der Waals surface area contributed by atoms with Crippen molar-refractivity contribution >= 4 is 22.9 Å². The fourth-order valence-corrected chi connectivity index (χ4v) is 2.52. The highest BCUT2D eigenvalue weighted by molar-refractivity contribution is 7.13. The fourth-order valence-electron chi connectivity index (χ4n) is 1.69. The number of pyridine rings is 1.